The Morgan fingerprint density at radius 2 is 1.73 bits per heavy atom. The molecule has 0 atom stereocenters. The van der Waals surface area contributed by atoms with E-state index in [1.54, 1.807) is 0 Å². The van der Waals surface area contributed by atoms with Crippen LogP contribution in [0.3, 0.4) is 0 Å². The van der Waals surface area contributed by atoms with Gasteiger partial charge in [-0.1, -0.05) is 24.3 Å². The Kier molecular flexibility index (Phi) is 7.18. The Bertz CT molecular complexity index is 1100. The number of para-hydroxylation sites is 1. The van der Waals surface area contributed by atoms with Crippen LogP contribution in [0.15, 0.2) is 41.6 Å². The van der Waals surface area contributed by atoms with Crippen molar-refractivity contribution in [3.8, 4) is 0 Å². The summed E-state index contributed by atoms with van der Waals surface area (Å²) in [6.45, 7) is 5.72. The fourth-order valence-electron chi connectivity index (χ4n) is 4.87. The molecular formula is C26H34N6O. The average Bonchev–Trinajstić information content (AvgIpc) is 2.79. The minimum absolute atomic E-state index is 0.408. The molecule has 2 N–H and O–H groups in total. The number of benzene rings is 2. The van der Waals surface area contributed by atoms with Crippen LogP contribution in [-0.2, 0) is 6.54 Å². The first kappa shape index (κ1) is 23.1. The van der Waals surface area contributed by atoms with Gasteiger partial charge in [0, 0.05) is 32.1 Å². The first-order valence-corrected chi connectivity index (χ1v) is 11.8. The Morgan fingerprint density at radius 3 is 2.39 bits per heavy atom. The van der Waals surface area contributed by atoms with Crippen LogP contribution in [0, 0.1) is 24.7 Å². The highest BCUT2D eigenvalue weighted by Crippen LogP contribution is 2.29. The van der Waals surface area contributed by atoms with E-state index in [2.05, 4.69) is 34.0 Å². The molecule has 4 rings (SSSR count). The number of nitrogens with one attached hydrogen (secondary N) is 2. The number of rotatable bonds is 8. The highest BCUT2D eigenvalue weighted by atomic mass is 16.3. The van der Waals surface area contributed by atoms with Crippen LogP contribution in [0.4, 0.5) is 17.5 Å². The molecule has 0 amide bonds. The lowest BCUT2D eigenvalue weighted by molar-refractivity contribution is 0.324. The van der Waals surface area contributed by atoms with E-state index >= 15 is 0 Å². The topological polar surface area (TPSA) is 82.5 Å². The van der Waals surface area contributed by atoms with Crippen LogP contribution in [0.25, 0.3) is 10.9 Å². The van der Waals surface area contributed by atoms with E-state index in [9.17, 15) is 4.91 Å². The third-order valence-electron chi connectivity index (χ3n) is 6.59. The predicted molar refractivity (Wildman–Crippen MR) is 136 cm³/mol. The van der Waals surface area contributed by atoms with Gasteiger partial charge in [-0.15, -0.1) is 4.91 Å². The second-order valence-electron chi connectivity index (χ2n) is 9.44. The highest BCUT2D eigenvalue weighted by Gasteiger charge is 2.22. The smallest absolute Gasteiger partial charge is 0.225 e. The molecule has 0 bridgehead atoms. The fraction of sp³-hybridized carbons (Fsp3) is 0.462. The summed E-state index contributed by atoms with van der Waals surface area (Å²) in [6, 6.07) is 12.7. The number of nitroso groups, excluding NO2 is 1. The van der Waals surface area contributed by atoms with Gasteiger partial charge >= 0.3 is 0 Å². The molecule has 7 heteroatoms. The van der Waals surface area contributed by atoms with Gasteiger partial charge in [0.25, 0.3) is 0 Å². The van der Waals surface area contributed by atoms with Crippen molar-refractivity contribution in [1.29, 1.82) is 0 Å². The first-order valence-electron chi connectivity index (χ1n) is 11.8. The van der Waals surface area contributed by atoms with Crippen LogP contribution in [-0.4, -0.2) is 36.6 Å². The molecule has 33 heavy (non-hydrogen) atoms. The van der Waals surface area contributed by atoms with Gasteiger partial charge in [0.2, 0.25) is 5.95 Å². The van der Waals surface area contributed by atoms with Crippen molar-refractivity contribution >= 4 is 28.4 Å². The van der Waals surface area contributed by atoms with Gasteiger partial charge in [0.15, 0.2) is 0 Å². The van der Waals surface area contributed by atoms with E-state index in [4.69, 9.17) is 9.97 Å². The van der Waals surface area contributed by atoms with Crippen molar-refractivity contribution in [3.63, 3.8) is 0 Å². The zero-order chi connectivity index (χ0) is 23.4. The van der Waals surface area contributed by atoms with E-state index in [-0.39, 0.29) is 0 Å². The van der Waals surface area contributed by atoms with Crippen molar-refractivity contribution in [1.82, 2.24) is 15.3 Å². The molecule has 1 aliphatic rings. The Morgan fingerprint density at radius 1 is 1.03 bits per heavy atom. The standard InChI is InChI=1S/C26H34N6O/c1-17-13-20(14-18(2)24(17)31-33)16-27-15-19-9-11-21(12-10-19)28-26-29-23-8-6-5-7-22(23)25(30-26)32(3)4/h5-8,13-14,19,21,27H,9-12,15-16H2,1-4H3,(H,28,29,30). The molecule has 2 aromatic carbocycles. The number of hydrogen-bond acceptors (Lipinski definition) is 7. The second kappa shape index (κ2) is 10.3. The Balaban J connectivity index is 1.29. The summed E-state index contributed by atoms with van der Waals surface area (Å²) in [7, 11) is 4.04. The minimum Gasteiger partial charge on any atom is -0.362 e. The zero-order valence-corrected chi connectivity index (χ0v) is 20.1. The zero-order valence-electron chi connectivity index (χ0n) is 20.1. The molecule has 1 saturated carbocycles. The molecule has 0 unspecified atom stereocenters. The Labute approximate surface area is 196 Å². The van der Waals surface area contributed by atoms with Gasteiger partial charge in [-0.25, -0.2) is 4.98 Å². The summed E-state index contributed by atoms with van der Waals surface area (Å²) in [5.74, 6) is 2.34. The van der Waals surface area contributed by atoms with Gasteiger partial charge in [0.05, 0.1) is 5.52 Å². The molecule has 1 heterocycles. The highest BCUT2D eigenvalue weighted by molar-refractivity contribution is 5.90. The van der Waals surface area contributed by atoms with Crippen LogP contribution in [0.2, 0.25) is 0 Å². The minimum atomic E-state index is 0.408. The fourth-order valence-corrected chi connectivity index (χ4v) is 4.87. The molecule has 0 spiro atoms. The Hall–Kier alpha value is -3.06. The molecule has 0 saturated heterocycles. The van der Waals surface area contributed by atoms with Crippen molar-refractivity contribution in [2.75, 3.05) is 30.9 Å². The largest absolute Gasteiger partial charge is 0.362 e. The first-order chi connectivity index (χ1) is 15.9. The molecule has 3 aromatic rings. The summed E-state index contributed by atoms with van der Waals surface area (Å²) in [5, 5.41) is 11.4. The quantitative estimate of drug-likeness (QED) is 0.447. The van der Waals surface area contributed by atoms with Crippen LogP contribution in [0.5, 0.6) is 0 Å². The van der Waals surface area contributed by atoms with Gasteiger partial charge in [-0.2, -0.15) is 4.98 Å². The van der Waals surface area contributed by atoms with Crippen LogP contribution >= 0.6 is 0 Å². The normalized spacial score (nSPS) is 18.3. The van der Waals surface area contributed by atoms with Crippen LogP contribution < -0.4 is 15.5 Å². The van der Waals surface area contributed by atoms with Crippen molar-refractivity contribution < 1.29 is 0 Å². The van der Waals surface area contributed by atoms with E-state index in [1.165, 1.54) is 18.4 Å². The lowest BCUT2D eigenvalue weighted by atomic mass is 9.86. The summed E-state index contributed by atoms with van der Waals surface area (Å²) >= 11 is 0. The average molecular weight is 447 g/mol. The van der Waals surface area contributed by atoms with E-state index in [0.717, 1.165) is 59.7 Å². The number of nitrogens with zero attached hydrogens (tertiary/aromatic N) is 4. The van der Waals surface area contributed by atoms with Gasteiger partial charge in [-0.05, 0) is 86.0 Å². The lowest BCUT2D eigenvalue weighted by Gasteiger charge is -2.29. The van der Waals surface area contributed by atoms with Gasteiger partial charge < -0.3 is 15.5 Å². The number of hydrogen-bond donors (Lipinski definition) is 2. The maximum Gasteiger partial charge on any atom is 0.225 e. The van der Waals surface area contributed by atoms with Crippen LogP contribution in [0.1, 0.15) is 42.4 Å². The third-order valence-corrected chi connectivity index (χ3v) is 6.59. The van der Waals surface area contributed by atoms with Gasteiger partial charge in [-0.3, -0.25) is 0 Å². The SMILES string of the molecule is Cc1cc(CNCC2CCC(Nc3nc(N(C)C)c4ccccc4n3)CC2)cc(C)c1N=O. The molecule has 1 aliphatic carbocycles. The van der Waals surface area contributed by atoms with Crippen molar-refractivity contribution in [3.05, 3.63) is 58.0 Å². The number of anilines is 2. The van der Waals surface area contributed by atoms with Crippen molar-refractivity contribution in [2.45, 2.75) is 52.1 Å². The summed E-state index contributed by atoms with van der Waals surface area (Å²) in [4.78, 5) is 22.5. The number of fused-ring (bicyclic) bond motifs is 1. The van der Waals surface area contributed by atoms with E-state index < -0.39 is 0 Å². The molecule has 1 fully saturated rings. The summed E-state index contributed by atoms with van der Waals surface area (Å²) in [6.07, 6.45) is 4.62. The molecular weight excluding hydrogens is 412 g/mol. The number of aryl methyl sites for hydroxylation is 2. The maximum atomic E-state index is 10.9. The van der Waals surface area contributed by atoms with E-state index in [0.29, 0.717) is 17.6 Å². The second-order valence-corrected chi connectivity index (χ2v) is 9.44. The molecule has 0 aliphatic heterocycles. The van der Waals surface area contributed by atoms with Gasteiger partial charge in [0.1, 0.15) is 11.5 Å². The summed E-state index contributed by atoms with van der Waals surface area (Å²) in [5.41, 5.74) is 4.64. The molecule has 0 radical (unpaired) electrons. The maximum absolute atomic E-state index is 10.9. The predicted octanol–water partition coefficient (Wildman–Crippen LogP) is 5.47. The molecule has 1 aromatic heterocycles. The van der Waals surface area contributed by atoms with E-state index in [1.807, 2.05) is 51.0 Å². The number of aromatic nitrogens is 2. The lowest BCUT2D eigenvalue weighted by Crippen LogP contribution is -2.31. The molecule has 7 nitrogen and oxygen atoms in total. The summed E-state index contributed by atoms with van der Waals surface area (Å²) < 4.78 is 0. The monoisotopic (exact) mass is 446 g/mol. The molecule has 174 valence electrons. The third kappa shape index (κ3) is 5.47. The van der Waals surface area contributed by atoms with Crippen molar-refractivity contribution in [2.24, 2.45) is 11.1 Å².